The van der Waals surface area contributed by atoms with Gasteiger partial charge in [-0.2, -0.15) is 0 Å². The minimum absolute atomic E-state index is 0.0941. The van der Waals surface area contributed by atoms with Crippen LogP contribution in [0.5, 0.6) is 5.75 Å². The number of aliphatic hydroxyl groups excluding tert-OH is 2. The Labute approximate surface area is 199 Å². The van der Waals surface area contributed by atoms with Crippen molar-refractivity contribution in [2.75, 3.05) is 13.6 Å². The normalized spacial score (nSPS) is 20.1. The van der Waals surface area contributed by atoms with Crippen LogP contribution in [0.2, 0.25) is 0 Å². The number of hydrogen-bond donors (Lipinski definition) is 3. The van der Waals surface area contributed by atoms with Crippen molar-refractivity contribution in [2.45, 2.75) is 71.4 Å². The predicted octanol–water partition coefficient (Wildman–Crippen LogP) is 1.60. The van der Waals surface area contributed by atoms with Crippen LogP contribution in [0.25, 0.3) is 0 Å². The van der Waals surface area contributed by atoms with Crippen molar-refractivity contribution in [3.63, 3.8) is 0 Å². The van der Waals surface area contributed by atoms with Crippen molar-refractivity contribution >= 4 is 11.8 Å². The van der Waals surface area contributed by atoms with E-state index < -0.39 is 29.7 Å². The zero-order valence-electron chi connectivity index (χ0n) is 20.4. The van der Waals surface area contributed by atoms with Crippen LogP contribution in [-0.4, -0.2) is 67.7 Å². The Morgan fingerprint density at radius 3 is 2.53 bits per heavy atom. The van der Waals surface area contributed by atoms with Crippen molar-refractivity contribution < 1.29 is 24.5 Å². The van der Waals surface area contributed by atoms with E-state index in [2.05, 4.69) is 15.6 Å². The summed E-state index contributed by atoms with van der Waals surface area (Å²) in [6, 6.07) is 5.78. The van der Waals surface area contributed by atoms with Gasteiger partial charge in [0.1, 0.15) is 30.1 Å². The lowest BCUT2D eigenvalue weighted by Crippen LogP contribution is -2.49. The number of aliphatic hydroxyl groups is 2. The Morgan fingerprint density at radius 2 is 1.94 bits per heavy atom. The lowest BCUT2D eigenvalue weighted by molar-refractivity contribution is -0.144. The van der Waals surface area contributed by atoms with E-state index in [1.165, 1.54) is 16.6 Å². The summed E-state index contributed by atoms with van der Waals surface area (Å²) in [7, 11) is 1.51. The predicted molar refractivity (Wildman–Crippen MR) is 125 cm³/mol. The van der Waals surface area contributed by atoms with E-state index in [1.54, 1.807) is 18.3 Å². The standard InChI is InChI=1S/C24H35N5O5/c1-6-20(31)15-7-9-18(10-8-15)34-14-16-12-29(27-26-16)21(24(2,3)4)23(33)28-13-17(30)11-19(28)22(32)25-5/h7-10,12,17,19-21,30-31H,6,11,13-14H2,1-5H3,(H,25,32)/t17-,19+,20?,21+/m0/s1. The average Bonchev–Trinajstić information content (AvgIpc) is 3.42. The van der Waals surface area contributed by atoms with E-state index >= 15 is 0 Å². The highest BCUT2D eigenvalue weighted by molar-refractivity contribution is 5.90. The number of likely N-dealkylation sites (tertiary alicyclic amines) is 1. The van der Waals surface area contributed by atoms with Crippen molar-refractivity contribution in [3.05, 3.63) is 41.7 Å². The molecule has 1 saturated heterocycles. The number of β-amino-alcohol motifs (C(OH)–C–C–N with tert-alkyl or cyclic N) is 1. The van der Waals surface area contributed by atoms with E-state index in [9.17, 15) is 19.8 Å². The third-order valence-electron chi connectivity index (χ3n) is 6.03. The largest absolute Gasteiger partial charge is 0.487 e. The van der Waals surface area contributed by atoms with Gasteiger partial charge in [-0.05, 0) is 29.5 Å². The van der Waals surface area contributed by atoms with Crippen LogP contribution in [0.3, 0.4) is 0 Å². The molecule has 1 aliphatic heterocycles. The number of nitrogens with zero attached hydrogens (tertiary/aromatic N) is 4. The van der Waals surface area contributed by atoms with E-state index in [0.29, 0.717) is 17.9 Å². The molecule has 0 bridgehead atoms. The van der Waals surface area contributed by atoms with Crippen LogP contribution in [-0.2, 0) is 16.2 Å². The van der Waals surface area contributed by atoms with Crippen molar-refractivity contribution in [1.29, 1.82) is 0 Å². The molecule has 2 heterocycles. The van der Waals surface area contributed by atoms with E-state index in [-0.39, 0.29) is 31.4 Å². The van der Waals surface area contributed by atoms with E-state index in [4.69, 9.17) is 4.74 Å². The third kappa shape index (κ3) is 5.74. The monoisotopic (exact) mass is 473 g/mol. The Hall–Kier alpha value is -2.98. The SMILES string of the molecule is CCC(O)c1ccc(OCc2cn([C@H](C(=O)N3C[C@@H](O)C[C@@H]3C(=O)NC)C(C)(C)C)nn2)cc1. The molecule has 1 aromatic carbocycles. The zero-order valence-corrected chi connectivity index (χ0v) is 20.4. The second-order valence-corrected chi connectivity index (χ2v) is 9.75. The maximum Gasteiger partial charge on any atom is 0.248 e. The molecule has 0 radical (unpaired) electrons. The number of amides is 2. The summed E-state index contributed by atoms with van der Waals surface area (Å²) in [5.74, 6) is 0.0346. The molecule has 2 amide bonds. The molecule has 1 aliphatic rings. The topological polar surface area (TPSA) is 130 Å². The van der Waals surface area contributed by atoms with Gasteiger partial charge >= 0.3 is 0 Å². The van der Waals surface area contributed by atoms with Crippen LogP contribution in [0.15, 0.2) is 30.5 Å². The highest BCUT2D eigenvalue weighted by atomic mass is 16.5. The Balaban J connectivity index is 1.74. The molecular weight excluding hydrogens is 438 g/mol. The van der Waals surface area contributed by atoms with Gasteiger partial charge < -0.3 is 25.2 Å². The van der Waals surface area contributed by atoms with Crippen LogP contribution < -0.4 is 10.1 Å². The van der Waals surface area contributed by atoms with Gasteiger partial charge in [0.05, 0.1) is 18.4 Å². The third-order valence-corrected chi connectivity index (χ3v) is 6.03. The highest BCUT2D eigenvalue weighted by Gasteiger charge is 2.45. The van der Waals surface area contributed by atoms with Crippen molar-refractivity contribution in [3.8, 4) is 5.75 Å². The summed E-state index contributed by atoms with van der Waals surface area (Å²) in [5, 5.41) is 31.0. The number of likely N-dealkylation sites (N-methyl/N-ethyl adjacent to an activating group) is 1. The zero-order chi connectivity index (χ0) is 25.0. The molecule has 2 aromatic rings. The first-order valence-electron chi connectivity index (χ1n) is 11.6. The number of carbonyl (C=O) groups excluding carboxylic acids is 2. The second kappa shape index (κ2) is 10.5. The van der Waals surface area contributed by atoms with E-state index in [1.807, 2.05) is 39.8 Å². The number of aromatic nitrogens is 3. The summed E-state index contributed by atoms with van der Waals surface area (Å²) in [5.41, 5.74) is 0.845. The van der Waals surface area contributed by atoms with Crippen LogP contribution in [0.4, 0.5) is 0 Å². The number of nitrogens with one attached hydrogen (secondary N) is 1. The summed E-state index contributed by atoms with van der Waals surface area (Å²) >= 11 is 0. The van der Waals surface area contributed by atoms with Gasteiger partial charge in [0.15, 0.2) is 0 Å². The number of carbonyl (C=O) groups is 2. The second-order valence-electron chi connectivity index (χ2n) is 9.75. The van der Waals surface area contributed by atoms with Crippen molar-refractivity contribution in [2.24, 2.45) is 5.41 Å². The first-order valence-corrected chi connectivity index (χ1v) is 11.6. The maximum absolute atomic E-state index is 13.6. The molecule has 0 saturated carbocycles. The van der Waals surface area contributed by atoms with Gasteiger partial charge in [-0.15, -0.1) is 5.10 Å². The van der Waals surface area contributed by atoms with Crippen LogP contribution >= 0.6 is 0 Å². The number of rotatable bonds is 8. The quantitative estimate of drug-likeness (QED) is 0.531. The van der Waals surface area contributed by atoms with Gasteiger partial charge in [-0.3, -0.25) is 9.59 Å². The molecule has 186 valence electrons. The molecule has 1 aromatic heterocycles. The molecule has 34 heavy (non-hydrogen) atoms. The molecule has 0 aliphatic carbocycles. The molecule has 1 fully saturated rings. The molecule has 4 atom stereocenters. The summed E-state index contributed by atoms with van der Waals surface area (Å²) in [6.07, 6.45) is 1.26. The van der Waals surface area contributed by atoms with Crippen LogP contribution in [0.1, 0.15) is 63.9 Å². The number of benzene rings is 1. The lowest BCUT2D eigenvalue weighted by atomic mass is 9.85. The molecular formula is C24H35N5O5. The van der Waals surface area contributed by atoms with Gasteiger partial charge in [0.25, 0.3) is 0 Å². The summed E-state index contributed by atoms with van der Waals surface area (Å²) in [4.78, 5) is 27.3. The van der Waals surface area contributed by atoms with Crippen LogP contribution in [0, 0.1) is 5.41 Å². The smallest absolute Gasteiger partial charge is 0.248 e. The fraction of sp³-hybridized carbons (Fsp3) is 0.583. The van der Waals surface area contributed by atoms with Gasteiger partial charge in [0.2, 0.25) is 11.8 Å². The fourth-order valence-corrected chi connectivity index (χ4v) is 4.19. The first-order chi connectivity index (χ1) is 16.0. The molecule has 10 nitrogen and oxygen atoms in total. The van der Waals surface area contributed by atoms with Gasteiger partial charge in [-0.1, -0.05) is 45.0 Å². The molecule has 3 N–H and O–H groups in total. The molecule has 1 unspecified atom stereocenters. The summed E-state index contributed by atoms with van der Waals surface area (Å²) < 4.78 is 7.31. The number of hydrogen-bond acceptors (Lipinski definition) is 7. The minimum atomic E-state index is -0.753. The van der Waals surface area contributed by atoms with Gasteiger partial charge in [-0.25, -0.2) is 4.68 Å². The average molecular weight is 474 g/mol. The summed E-state index contributed by atoms with van der Waals surface area (Å²) in [6.45, 7) is 7.92. The Bertz CT molecular complexity index is 984. The highest BCUT2D eigenvalue weighted by Crippen LogP contribution is 2.34. The Kier molecular flexibility index (Phi) is 7.93. The van der Waals surface area contributed by atoms with Gasteiger partial charge in [0, 0.05) is 20.0 Å². The van der Waals surface area contributed by atoms with Crippen molar-refractivity contribution in [1.82, 2.24) is 25.2 Å². The fourth-order valence-electron chi connectivity index (χ4n) is 4.19. The Morgan fingerprint density at radius 1 is 1.26 bits per heavy atom. The molecule has 10 heteroatoms. The number of ether oxygens (including phenoxy) is 1. The molecule has 0 spiro atoms. The minimum Gasteiger partial charge on any atom is -0.487 e. The maximum atomic E-state index is 13.6. The first kappa shape index (κ1) is 25.6. The molecule has 3 rings (SSSR count). The lowest BCUT2D eigenvalue weighted by Gasteiger charge is -2.34. The van der Waals surface area contributed by atoms with E-state index in [0.717, 1.165) is 5.56 Å².